The highest BCUT2D eigenvalue weighted by Gasteiger charge is 2.71. The molecular formula is C14H16FNO3S. The Morgan fingerprint density at radius 1 is 1.40 bits per heavy atom. The van der Waals surface area contributed by atoms with Crippen LogP contribution in [0.3, 0.4) is 0 Å². The number of nitriles is 1. The molecule has 108 valence electrons. The number of nitrogens with zero attached hydrogens (tertiary/aromatic N) is 1. The van der Waals surface area contributed by atoms with Gasteiger partial charge in [0.1, 0.15) is 11.2 Å². The van der Waals surface area contributed by atoms with Crippen LogP contribution in [0.15, 0.2) is 24.3 Å². The average molecular weight is 297 g/mol. The summed E-state index contributed by atoms with van der Waals surface area (Å²) in [5, 5.41) is 8.64. The molecule has 0 N–H and O–H groups in total. The average Bonchev–Trinajstić information content (AvgIpc) is 3.07. The molecule has 1 aromatic rings. The van der Waals surface area contributed by atoms with Gasteiger partial charge in [-0.25, -0.2) is 12.8 Å². The van der Waals surface area contributed by atoms with Crippen molar-refractivity contribution in [1.29, 1.82) is 5.26 Å². The maximum absolute atomic E-state index is 13.0. The third-order valence-electron chi connectivity index (χ3n) is 3.70. The van der Waals surface area contributed by atoms with E-state index in [1.165, 1.54) is 24.3 Å². The maximum atomic E-state index is 13.0. The molecule has 20 heavy (non-hydrogen) atoms. The van der Waals surface area contributed by atoms with E-state index in [1.807, 2.05) is 0 Å². The summed E-state index contributed by atoms with van der Waals surface area (Å²) in [5.41, 5.74) is -0.412. The highest BCUT2D eigenvalue weighted by atomic mass is 32.2. The SMILES string of the molecule is CCOCC1(C#N)C(c2ccc(F)cc2)C1S(C)(=O)=O. The van der Waals surface area contributed by atoms with E-state index in [2.05, 4.69) is 6.07 Å². The fraction of sp³-hybridized carbons (Fsp3) is 0.500. The van der Waals surface area contributed by atoms with Crippen LogP contribution in [-0.4, -0.2) is 33.1 Å². The van der Waals surface area contributed by atoms with Crippen molar-refractivity contribution in [2.24, 2.45) is 5.41 Å². The van der Waals surface area contributed by atoms with Gasteiger partial charge >= 0.3 is 0 Å². The highest BCUT2D eigenvalue weighted by Crippen LogP contribution is 2.62. The molecule has 0 amide bonds. The molecule has 0 radical (unpaired) electrons. The molecule has 3 atom stereocenters. The van der Waals surface area contributed by atoms with Gasteiger partial charge in [0.25, 0.3) is 0 Å². The topological polar surface area (TPSA) is 67.2 Å². The van der Waals surface area contributed by atoms with Gasteiger partial charge in [0.2, 0.25) is 0 Å². The first-order valence-electron chi connectivity index (χ1n) is 6.30. The van der Waals surface area contributed by atoms with Gasteiger partial charge in [-0.1, -0.05) is 12.1 Å². The van der Waals surface area contributed by atoms with Crippen molar-refractivity contribution in [1.82, 2.24) is 0 Å². The summed E-state index contributed by atoms with van der Waals surface area (Å²) in [5.74, 6) is -0.854. The smallest absolute Gasteiger partial charge is 0.152 e. The number of halogens is 1. The van der Waals surface area contributed by atoms with E-state index in [0.29, 0.717) is 12.2 Å². The van der Waals surface area contributed by atoms with Gasteiger partial charge in [-0.05, 0) is 24.6 Å². The lowest BCUT2D eigenvalue weighted by Gasteiger charge is -2.08. The first-order chi connectivity index (χ1) is 9.36. The van der Waals surface area contributed by atoms with Crippen LogP contribution in [0.25, 0.3) is 0 Å². The molecule has 6 heteroatoms. The molecule has 0 aromatic heterocycles. The Morgan fingerprint density at radius 2 is 2.00 bits per heavy atom. The monoisotopic (exact) mass is 297 g/mol. The van der Waals surface area contributed by atoms with Crippen LogP contribution in [0, 0.1) is 22.6 Å². The lowest BCUT2D eigenvalue weighted by molar-refractivity contribution is 0.117. The standard InChI is InChI=1S/C14H16FNO3S/c1-3-19-9-14(8-16)12(13(14)20(2,17)18)10-4-6-11(15)7-5-10/h4-7,12-13H,3,9H2,1-2H3. The molecule has 0 bridgehead atoms. The largest absolute Gasteiger partial charge is 0.380 e. The summed E-state index contributed by atoms with van der Waals surface area (Å²) < 4.78 is 42.1. The highest BCUT2D eigenvalue weighted by molar-refractivity contribution is 7.91. The molecule has 1 aliphatic rings. The molecule has 1 fully saturated rings. The molecular weight excluding hydrogens is 281 g/mol. The van der Waals surface area contributed by atoms with Crippen molar-refractivity contribution in [3.63, 3.8) is 0 Å². The summed E-state index contributed by atoms with van der Waals surface area (Å²) in [4.78, 5) is 0. The number of benzene rings is 1. The first kappa shape index (κ1) is 14.9. The second-order valence-corrected chi connectivity index (χ2v) is 7.24. The van der Waals surface area contributed by atoms with Gasteiger partial charge in [0, 0.05) is 18.8 Å². The predicted molar refractivity (Wildman–Crippen MR) is 72.3 cm³/mol. The van der Waals surface area contributed by atoms with Gasteiger partial charge in [-0.2, -0.15) is 5.26 Å². The number of ether oxygens (including phenoxy) is 1. The third-order valence-corrected chi connectivity index (χ3v) is 5.32. The number of hydrogen-bond donors (Lipinski definition) is 0. The minimum Gasteiger partial charge on any atom is -0.380 e. The third kappa shape index (κ3) is 2.43. The van der Waals surface area contributed by atoms with Gasteiger partial charge < -0.3 is 4.74 Å². The molecule has 3 unspecified atom stereocenters. The van der Waals surface area contributed by atoms with E-state index in [1.54, 1.807) is 6.92 Å². The molecule has 1 saturated carbocycles. The lowest BCUT2D eigenvalue weighted by atomic mass is 10.0. The summed E-state index contributed by atoms with van der Waals surface area (Å²) in [6.07, 6.45) is 1.12. The number of rotatable bonds is 5. The molecule has 2 rings (SSSR count). The Morgan fingerprint density at radius 3 is 2.45 bits per heavy atom. The first-order valence-corrected chi connectivity index (χ1v) is 8.25. The molecule has 4 nitrogen and oxygen atoms in total. The zero-order chi connectivity index (χ0) is 15.0. The molecule has 0 heterocycles. The van der Waals surface area contributed by atoms with Gasteiger partial charge in [-0.3, -0.25) is 0 Å². The van der Waals surface area contributed by atoms with E-state index in [4.69, 9.17) is 4.74 Å². The molecule has 1 aromatic carbocycles. The van der Waals surface area contributed by atoms with Crippen LogP contribution in [0.1, 0.15) is 18.4 Å². The van der Waals surface area contributed by atoms with Gasteiger partial charge in [0.05, 0.1) is 17.9 Å². The van der Waals surface area contributed by atoms with Crippen molar-refractivity contribution >= 4 is 9.84 Å². The van der Waals surface area contributed by atoms with Crippen LogP contribution in [0.5, 0.6) is 0 Å². The van der Waals surface area contributed by atoms with E-state index in [-0.39, 0.29) is 6.61 Å². The maximum Gasteiger partial charge on any atom is 0.152 e. The van der Waals surface area contributed by atoms with Crippen molar-refractivity contribution in [2.75, 3.05) is 19.5 Å². The summed E-state index contributed by atoms with van der Waals surface area (Å²) >= 11 is 0. The zero-order valence-corrected chi connectivity index (χ0v) is 12.2. The van der Waals surface area contributed by atoms with E-state index < -0.39 is 32.2 Å². The van der Waals surface area contributed by atoms with Crippen LogP contribution in [0.2, 0.25) is 0 Å². The van der Waals surface area contributed by atoms with Crippen LogP contribution < -0.4 is 0 Å². The molecule has 1 aliphatic carbocycles. The second-order valence-electron chi connectivity index (χ2n) is 5.07. The minimum atomic E-state index is -3.38. The second kappa shape index (κ2) is 5.15. The normalized spacial score (nSPS) is 28.9. The molecule has 0 spiro atoms. The fourth-order valence-corrected chi connectivity index (χ4v) is 4.63. The van der Waals surface area contributed by atoms with Crippen LogP contribution >= 0.6 is 0 Å². The fourth-order valence-electron chi connectivity index (χ4n) is 2.78. The quantitative estimate of drug-likeness (QED) is 0.832. The zero-order valence-electron chi connectivity index (χ0n) is 11.3. The van der Waals surface area contributed by atoms with Crippen molar-refractivity contribution in [2.45, 2.75) is 18.1 Å². The predicted octanol–water partition coefficient (Wildman–Crippen LogP) is 1.88. The Balaban J connectivity index is 2.40. The summed E-state index contributed by atoms with van der Waals surface area (Å²) in [6, 6.07) is 7.72. The van der Waals surface area contributed by atoms with E-state index >= 15 is 0 Å². The van der Waals surface area contributed by atoms with Crippen molar-refractivity contribution in [3.8, 4) is 6.07 Å². The molecule has 0 aliphatic heterocycles. The van der Waals surface area contributed by atoms with Crippen molar-refractivity contribution < 1.29 is 17.5 Å². The van der Waals surface area contributed by atoms with E-state index in [9.17, 15) is 18.1 Å². The summed E-state index contributed by atoms with van der Waals surface area (Å²) in [6.45, 7) is 2.27. The van der Waals surface area contributed by atoms with Gasteiger partial charge in [-0.15, -0.1) is 0 Å². The summed E-state index contributed by atoms with van der Waals surface area (Å²) in [7, 11) is -3.38. The van der Waals surface area contributed by atoms with E-state index in [0.717, 1.165) is 6.26 Å². The Labute approximate surface area is 118 Å². The Kier molecular flexibility index (Phi) is 3.85. The van der Waals surface area contributed by atoms with Crippen LogP contribution in [0.4, 0.5) is 4.39 Å². The minimum absolute atomic E-state index is 0.0692. The van der Waals surface area contributed by atoms with Crippen molar-refractivity contribution in [3.05, 3.63) is 35.6 Å². The Hall–Kier alpha value is -1.45. The lowest BCUT2D eigenvalue weighted by Crippen LogP contribution is -2.18. The molecule has 0 saturated heterocycles. The number of hydrogen-bond acceptors (Lipinski definition) is 4. The van der Waals surface area contributed by atoms with Crippen LogP contribution in [-0.2, 0) is 14.6 Å². The number of sulfone groups is 1. The van der Waals surface area contributed by atoms with Gasteiger partial charge in [0.15, 0.2) is 9.84 Å². The Bertz CT molecular complexity index is 635.